The summed E-state index contributed by atoms with van der Waals surface area (Å²) in [5, 5.41) is 4.29. The van der Waals surface area contributed by atoms with Gasteiger partial charge in [-0.1, -0.05) is 26.8 Å². The molecule has 2 aromatic rings. The fourth-order valence-electron chi connectivity index (χ4n) is 4.95. The summed E-state index contributed by atoms with van der Waals surface area (Å²) >= 11 is 1.46. The summed E-state index contributed by atoms with van der Waals surface area (Å²) in [5.41, 5.74) is 2.29. The van der Waals surface area contributed by atoms with Gasteiger partial charge >= 0.3 is 5.97 Å². The van der Waals surface area contributed by atoms with E-state index in [4.69, 9.17) is 4.74 Å². The quantitative estimate of drug-likeness (QED) is 0.510. The number of methoxy groups -OCH3 is 1. The average Bonchev–Trinajstić information content (AvgIpc) is 3.50. The lowest BCUT2D eigenvalue weighted by atomic mass is 9.78. The number of amides is 1. The first kappa shape index (κ1) is 23.7. The molecule has 7 nitrogen and oxygen atoms in total. The second-order valence-electron chi connectivity index (χ2n) is 9.87. The van der Waals surface area contributed by atoms with Crippen LogP contribution in [0.4, 0.5) is 5.69 Å². The Morgan fingerprint density at radius 1 is 1.27 bits per heavy atom. The molecule has 0 N–H and O–H groups in total. The van der Waals surface area contributed by atoms with Crippen molar-refractivity contribution in [2.24, 2.45) is 5.41 Å². The number of aromatic nitrogens is 3. The lowest BCUT2D eigenvalue weighted by Gasteiger charge is -2.36. The van der Waals surface area contributed by atoms with Crippen molar-refractivity contribution in [2.45, 2.75) is 84.2 Å². The summed E-state index contributed by atoms with van der Waals surface area (Å²) in [5.74, 6) is -0.323. The van der Waals surface area contributed by atoms with Crippen LogP contribution in [0.15, 0.2) is 24.8 Å². The Morgan fingerprint density at radius 3 is 2.61 bits per heavy atom. The monoisotopic (exact) mass is 470 g/mol. The number of hydrogen-bond donors (Lipinski definition) is 0. The maximum atomic E-state index is 13.2. The lowest BCUT2D eigenvalue weighted by molar-refractivity contribution is -0.119. The molecule has 2 aromatic heterocycles. The molecule has 2 heterocycles. The van der Waals surface area contributed by atoms with Gasteiger partial charge < -0.3 is 9.64 Å². The Labute approximate surface area is 199 Å². The third-order valence-electron chi connectivity index (χ3n) is 7.04. The second kappa shape index (κ2) is 9.79. The molecule has 0 unspecified atom stereocenters. The Morgan fingerprint density at radius 2 is 2.03 bits per heavy atom. The zero-order valence-corrected chi connectivity index (χ0v) is 20.9. The van der Waals surface area contributed by atoms with Gasteiger partial charge in [-0.05, 0) is 62.0 Å². The highest BCUT2D eigenvalue weighted by atomic mass is 32.1. The maximum Gasteiger partial charge on any atom is 0.350 e. The van der Waals surface area contributed by atoms with E-state index in [0.717, 1.165) is 49.8 Å². The van der Waals surface area contributed by atoms with Gasteiger partial charge in [0.05, 0.1) is 18.8 Å². The van der Waals surface area contributed by atoms with Crippen LogP contribution in [-0.2, 0) is 9.53 Å². The summed E-state index contributed by atoms with van der Waals surface area (Å²) in [6, 6.07) is 2.41. The van der Waals surface area contributed by atoms with Crippen molar-refractivity contribution in [1.29, 1.82) is 0 Å². The standard InChI is InChI=1S/C25H34N4O3S/c1-5-22(30)29(19-8-6-18(7-9-19)28-16-26-15-27-28)20-14-21(33-23(20)24(31)32-4)17-10-12-25(2,3)13-11-17/h10,14-16,18-19H,5-9,11-13H2,1-4H3. The molecule has 0 radical (unpaired) electrons. The van der Waals surface area contributed by atoms with Crippen molar-refractivity contribution < 1.29 is 14.3 Å². The van der Waals surface area contributed by atoms with E-state index >= 15 is 0 Å². The van der Waals surface area contributed by atoms with E-state index in [1.165, 1.54) is 24.0 Å². The highest BCUT2D eigenvalue weighted by Crippen LogP contribution is 2.44. The van der Waals surface area contributed by atoms with Crippen LogP contribution < -0.4 is 4.90 Å². The van der Waals surface area contributed by atoms with Crippen LogP contribution in [0, 0.1) is 5.41 Å². The Hall–Kier alpha value is -2.48. The van der Waals surface area contributed by atoms with E-state index in [-0.39, 0.29) is 17.9 Å². The molecule has 2 aliphatic rings. The Balaban J connectivity index is 1.64. The van der Waals surface area contributed by atoms with E-state index in [1.54, 1.807) is 12.7 Å². The van der Waals surface area contributed by atoms with Gasteiger partial charge in [0.15, 0.2) is 0 Å². The predicted octanol–water partition coefficient (Wildman–Crippen LogP) is 5.65. The highest BCUT2D eigenvalue weighted by molar-refractivity contribution is 7.15. The summed E-state index contributed by atoms with van der Waals surface area (Å²) in [7, 11) is 1.41. The molecule has 0 spiro atoms. The lowest BCUT2D eigenvalue weighted by Crippen LogP contribution is -2.43. The average molecular weight is 471 g/mol. The van der Waals surface area contributed by atoms with Crippen LogP contribution in [0.3, 0.4) is 0 Å². The smallest absolute Gasteiger partial charge is 0.350 e. The van der Waals surface area contributed by atoms with E-state index in [2.05, 4.69) is 36.1 Å². The predicted molar refractivity (Wildman–Crippen MR) is 130 cm³/mol. The van der Waals surface area contributed by atoms with Crippen LogP contribution in [-0.4, -0.2) is 39.8 Å². The number of carbonyl (C=O) groups is 2. The van der Waals surface area contributed by atoms with Crippen molar-refractivity contribution in [2.75, 3.05) is 12.0 Å². The third kappa shape index (κ3) is 5.05. The maximum absolute atomic E-state index is 13.2. The van der Waals surface area contributed by atoms with Crippen molar-refractivity contribution >= 4 is 34.5 Å². The number of hydrogen-bond acceptors (Lipinski definition) is 6. The topological polar surface area (TPSA) is 77.3 Å². The number of ether oxygens (including phenoxy) is 1. The van der Waals surface area contributed by atoms with Crippen LogP contribution in [0.1, 0.15) is 92.7 Å². The molecule has 8 heteroatoms. The molecule has 0 bridgehead atoms. The van der Waals surface area contributed by atoms with Crippen molar-refractivity contribution in [3.63, 3.8) is 0 Å². The Bertz CT molecular complexity index is 1020. The number of esters is 1. The number of rotatable bonds is 6. The summed E-state index contributed by atoms with van der Waals surface area (Å²) in [6.45, 7) is 6.46. The van der Waals surface area contributed by atoms with Crippen LogP contribution in [0.5, 0.6) is 0 Å². The van der Waals surface area contributed by atoms with E-state index < -0.39 is 0 Å². The largest absolute Gasteiger partial charge is 0.465 e. The summed E-state index contributed by atoms with van der Waals surface area (Å²) in [6.07, 6.45) is 12.7. The first-order valence-electron chi connectivity index (χ1n) is 11.9. The first-order valence-corrected chi connectivity index (χ1v) is 12.7. The molecule has 178 valence electrons. The molecule has 0 saturated heterocycles. The van der Waals surface area contributed by atoms with Gasteiger partial charge in [-0.25, -0.2) is 14.5 Å². The number of carbonyl (C=O) groups excluding carboxylic acids is 2. The van der Waals surface area contributed by atoms with Gasteiger partial charge in [0, 0.05) is 17.3 Å². The minimum atomic E-state index is -0.372. The highest BCUT2D eigenvalue weighted by Gasteiger charge is 2.34. The normalized spacial score (nSPS) is 22.5. The van der Waals surface area contributed by atoms with Gasteiger partial charge in [-0.3, -0.25) is 4.79 Å². The Kier molecular flexibility index (Phi) is 7.02. The van der Waals surface area contributed by atoms with Crippen LogP contribution >= 0.6 is 11.3 Å². The summed E-state index contributed by atoms with van der Waals surface area (Å²) in [4.78, 5) is 33.5. The molecule has 1 fully saturated rings. The van der Waals surface area contributed by atoms with Crippen molar-refractivity contribution in [3.8, 4) is 0 Å². The first-order chi connectivity index (χ1) is 15.8. The second-order valence-corrected chi connectivity index (χ2v) is 10.9. The molecule has 4 rings (SSSR count). The molecule has 0 aromatic carbocycles. The van der Waals surface area contributed by atoms with Gasteiger partial charge in [0.1, 0.15) is 17.5 Å². The van der Waals surface area contributed by atoms with E-state index in [9.17, 15) is 9.59 Å². The molecule has 33 heavy (non-hydrogen) atoms. The van der Waals surface area contributed by atoms with Gasteiger partial charge in [-0.2, -0.15) is 5.10 Å². The molecular weight excluding hydrogens is 436 g/mol. The number of thiophene rings is 1. The molecule has 2 aliphatic carbocycles. The molecule has 1 saturated carbocycles. The summed E-state index contributed by atoms with van der Waals surface area (Å²) < 4.78 is 7.04. The van der Waals surface area contributed by atoms with Gasteiger partial charge in [-0.15, -0.1) is 11.3 Å². The number of anilines is 1. The fraction of sp³-hybridized carbons (Fsp3) is 0.600. The number of allylic oxidation sites excluding steroid dienone is 2. The SMILES string of the molecule is CCC(=O)N(c1cc(C2=CCC(C)(C)CC2)sc1C(=O)OC)C1CCC(n2cncn2)CC1. The van der Waals surface area contributed by atoms with E-state index in [1.807, 2.05) is 16.5 Å². The third-order valence-corrected chi connectivity index (χ3v) is 8.22. The molecule has 1 amide bonds. The molecular formula is C25H34N4O3S. The van der Waals surface area contributed by atoms with Crippen LogP contribution in [0.25, 0.3) is 5.57 Å². The minimum absolute atomic E-state index is 0.0486. The van der Waals surface area contributed by atoms with Crippen molar-refractivity contribution in [1.82, 2.24) is 14.8 Å². The zero-order chi connectivity index (χ0) is 23.6. The van der Waals surface area contributed by atoms with E-state index in [0.29, 0.717) is 28.4 Å². The minimum Gasteiger partial charge on any atom is -0.465 e. The fourth-order valence-corrected chi connectivity index (χ4v) is 6.09. The zero-order valence-electron chi connectivity index (χ0n) is 20.0. The number of nitrogens with zero attached hydrogens (tertiary/aromatic N) is 4. The van der Waals surface area contributed by atoms with Crippen LogP contribution in [0.2, 0.25) is 0 Å². The molecule has 0 aliphatic heterocycles. The van der Waals surface area contributed by atoms with Crippen molar-refractivity contribution in [3.05, 3.63) is 34.6 Å². The van der Waals surface area contributed by atoms with Gasteiger partial charge in [0.25, 0.3) is 0 Å². The van der Waals surface area contributed by atoms with Gasteiger partial charge in [0.2, 0.25) is 5.91 Å². The molecule has 0 atom stereocenters.